The Labute approximate surface area is 164 Å². The van der Waals surface area contributed by atoms with Gasteiger partial charge in [-0.2, -0.15) is 0 Å². The predicted molar refractivity (Wildman–Crippen MR) is 111 cm³/mol. The van der Waals surface area contributed by atoms with Gasteiger partial charge in [0.1, 0.15) is 0 Å². The molecule has 0 spiro atoms. The number of rotatable bonds is 10. The molecule has 5 heteroatoms. The van der Waals surface area contributed by atoms with Crippen molar-refractivity contribution in [1.29, 1.82) is 0 Å². The molecule has 0 aliphatic heterocycles. The van der Waals surface area contributed by atoms with E-state index in [-0.39, 0.29) is 5.91 Å². The Morgan fingerprint density at radius 2 is 1.63 bits per heavy atom. The van der Waals surface area contributed by atoms with Gasteiger partial charge in [-0.25, -0.2) is 0 Å². The average molecular weight is 388 g/mol. The van der Waals surface area contributed by atoms with Crippen LogP contribution in [-0.4, -0.2) is 34.1 Å². The first-order valence-corrected chi connectivity index (χ1v) is 10.8. The van der Waals surface area contributed by atoms with Crippen LogP contribution in [0.5, 0.6) is 0 Å². The SMILES string of the molecule is CCCCC(C(=O)N(C)c1ccccc1)C(O)CCS(=O)c1ccccc1. The molecule has 2 aromatic carbocycles. The van der Waals surface area contributed by atoms with Crippen LogP contribution in [0.2, 0.25) is 0 Å². The summed E-state index contributed by atoms with van der Waals surface area (Å²) in [5.74, 6) is -0.230. The van der Waals surface area contributed by atoms with Crippen LogP contribution < -0.4 is 4.90 Å². The Morgan fingerprint density at radius 1 is 1.04 bits per heavy atom. The van der Waals surface area contributed by atoms with E-state index in [9.17, 15) is 14.1 Å². The van der Waals surface area contributed by atoms with Gasteiger partial charge in [0, 0.05) is 23.4 Å². The van der Waals surface area contributed by atoms with Crippen molar-refractivity contribution in [1.82, 2.24) is 0 Å². The highest BCUT2D eigenvalue weighted by Gasteiger charge is 2.29. The van der Waals surface area contributed by atoms with Gasteiger partial charge in [-0.15, -0.1) is 0 Å². The molecule has 0 saturated heterocycles. The fourth-order valence-corrected chi connectivity index (χ4v) is 4.20. The second-order valence-electron chi connectivity index (χ2n) is 6.70. The van der Waals surface area contributed by atoms with Gasteiger partial charge in [-0.1, -0.05) is 56.2 Å². The fraction of sp³-hybridized carbons (Fsp3) is 0.409. The van der Waals surface area contributed by atoms with Gasteiger partial charge in [0.2, 0.25) is 5.91 Å². The minimum atomic E-state index is -1.17. The standard InChI is InChI=1S/C22H29NO3S/c1-3-4-15-20(22(25)23(2)18-11-7-5-8-12-18)21(24)16-17-27(26)19-13-9-6-10-14-19/h5-14,20-21,24H,3-4,15-17H2,1-2H3. The molecule has 1 N–H and O–H groups in total. The molecule has 0 bridgehead atoms. The maximum Gasteiger partial charge on any atom is 0.232 e. The highest BCUT2D eigenvalue weighted by atomic mass is 32.2. The van der Waals surface area contributed by atoms with Gasteiger partial charge in [0.15, 0.2) is 0 Å². The van der Waals surface area contributed by atoms with Crippen molar-refractivity contribution >= 4 is 22.4 Å². The van der Waals surface area contributed by atoms with Crippen LogP contribution in [-0.2, 0) is 15.6 Å². The summed E-state index contributed by atoms with van der Waals surface area (Å²) in [5.41, 5.74) is 0.809. The van der Waals surface area contributed by atoms with Crippen molar-refractivity contribution in [3.8, 4) is 0 Å². The van der Waals surface area contributed by atoms with E-state index in [0.717, 1.165) is 23.4 Å². The lowest BCUT2D eigenvalue weighted by Gasteiger charge is -2.27. The second kappa shape index (κ2) is 11.0. The molecule has 2 rings (SSSR count). The van der Waals surface area contributed by atoms with Gasteiger partial charge < -0.3 is 10.0 Å². The zero-order valence-electron chi connectivity index (χ0n) is 16.1. The summed E-state index contributed by atoms with van der Waals surface area (Å²) in [6.07, 6.45) is 2.00. The van der Waals surface area contributed by atoms with Crippen LogP contribution in [0, 0.1) is 5.92 Å². The van der Waals surface area contributed by atoms with E-state index in [1.165, 1.54) is 0 Å². The average Bonchev–Trinajstić information content (AvgIpc) is 2.72. The molecule has 0 saturated carbocycles. The van der Waals surface area contributed by atoms with Crippen molar-refractivity contribution < 1.29 is 14.1 Å². The zero-order chi connectivity index (χ0) is 19.6. The van der Waals surface area contributed by atoms with Gasteiger partial charge in [0.25, 0.3) is 0 Å². The smallest absolute Gasteiger partial charge is 0.232 e. The number of benzene rings is 2. The third-order valence-corrected chi connectivity index (χ3v) is 6.13. The van der Waals surface area contributed by atoms with Gasteiger partial charge in [-0.3, -0.25) is 9.00 Å². The Bertz CT molecular complexity index is 721. The number of hydrogen-bond acceptors (Lipinski definition) is 3. The molecule has 0 aliphatic carbocycles. The number of carbonyl (C=O) groups excluding carboxylic acids is 1. The molecule has 146 valence electrons. The second-order valence-corrected chi connectivity index (χ2v) is 8.27. The van der Waals surface area contributed by atoms with Crippen molar-refractivity contribution in [2.24, 2.45) is 5.92 Å². The number of aliphatic hydroxyl groups is 1. The third-order valence-electron chi connectivity index (χ3n) is 4.73. The molecule has 3 atom stereocenters. The van der Waals surface area contributed by atoms with Crippen molar-refractivity contribution in [2.45, 2.75) is 43.6 Å². The Kier molecular flexibility index (Phi) is 8.69. The summed E-state index contributed by atoms with van der Waals surface area (Å²) in [7, 11) is 0.570. The molecule has 0 aliphatic rings. The number of amides is 1. The minimum Gasteiger partial charge on any atom is -0.392 e. The lowest BCUT2D eigenvalue weighted by molar-refractivity contribution is -0.126. The molecule has 1 amide bonds. The van der Waals surface area contributed by atoms with Crippen LogP contribution in [0.1, 0.15) is 32.6 Å². The first-order valence-electron chi connectivity index (χ1n) is 9.48. The summed E-state index contributed by atoms with van der Waals surface area (Å²) in [6, 6.07) is 18.7. The van der Waals surface area contributed by atoms with Gasteiger partial charge in [-0.05, 0) is 37.1 Å². The number of nitrogens with zero attached hydrogens (tertiary/aromatic N) is 1. The molecule has 0 fully saturated rings. The highest BCUT2D eigenvalue weighted by molar-refractivity contribution is 7.85. The van der Waals surface area contributed by atoms with E-state index in [1.807, 2.05) is 60.7 Å². The van der Waals surface area contributed by atoms with E-state index in [2.05, 4.69) is 6.92 Å². The maximum atomic E-state index is 13.0. The highest BCUT2D eigenvalue weighted by Crippen LogP contribution is 2.23. The lowest BCUT2D eigenvalue weighted by atomic mass is 9.92. The van der Waals surface area contributed by atoms with Crippen LogP contribution in [0.4, 0.5) is 5.69 Å². The predicted octanol–water partition coefficient (Wildman–Crippen LogP) is 4.01. The first kappa shape index (κ1) is 21.3. The minimum absolute atomic E-state index is 0.0901. The Balaban J connectivity index is 2.03. The monoisotopic (exact) mass is 387 g/mol. The van der Waals surface area contributed by atoms with Crippen LogP contribution >= 0.6 is 0 Å². The first-order chi connectivity index (χ1) is 13.0. The summed E-state index contributed by atoms with van der Waals surface area (Å²) in [4.78, 5) is 15.4. The molecule has 0 aromatic heterocycles. The van der Waals surface area contributed by atoms with Crippen molar-refractivity contribution in [2.75, 3.05) is 17.7 Å². The number of para-hydroxylation sites is 1. The largest absolute Gasteiger partial charge is 0.392 e. The summed E-state index contributed by atoms with van der Waals surface area (Å²) < 4.78 is 12.4. The summed E-state index contributed by atoms with van der Waals surface area (Å²) in [6.45, 7) is 2.07. The lowest BCUT2D eigenvalue weighted by Crippen LogP contribution is -2.39. The molecular weight excluding hydrogens is 358 g/mol. The quantitative estimate of drug-likeness (QED) is 0.670. The van der Waals surface area contributed by atoms with E-state index in [1.54, 1.807) is 11.9 Å². The molecule has 4 nitrogen and oxygen atoms in total. The third kappa shape index (κ3) is 6.29. The van der Waals surface area contributed by atoms with Crippen LogP contribution in [0.3, 0.4) is 0 Å². The van der Waals surface area contributed by atoms with E-state index < -0.39 is 22.8 Å². The van der Waals surface area contributed by atoms with Gasteiger partial charge >= 0.3 is 0 Å². The molecule has 0 radical (unpaired) electrons. The molecule has 3 unspecified atom stereocenters. The molecule has 0 heterocycles. The van der Waals surface area contributed by atoms with Crippen LogP contribution in [0.25, 0.3) is 0 Å². The zero-order valence-corrected chi connectivity index (χ0v) is 16.9. The maximum absolute atomic E-state index is 13.0. The van der Waals surface area contributed by atoms with Crippen molar-refractivity contribution in [3.63, 3.8) is 0 Å². The van der Waals surface area contributed by atoms with E-state index in [4.69, 9.17) is 0 Å². The summed E-state index contributed by atoms with van der Waals surface area (Å²) in [5, 5.41) is 10.7. The normalized spacial score (nSPS) is 14.3. The fourth-order valence-electron chi connectivity index (χ4n) is 3.05. The van der Waals surface area contributed by atoms with Crippen LogP contribution in [0.15, 0.2) is 65.6 Å². The number of carbonyl (C=O) groups is 1. The topological polar surface area (TPSA) is 57.6 Å². The molecular formula is C22H29NO3S. The van der Waals surface area contributed by atoms with Crippen molar-refractivity contribution in [3.05, 3.63) is 60.7 Å². The number of anilines is 1. The Hall–Kier alpha value is -1.98. The van der Waals surface area contributed by atoms with E-state index >= 15 is 0 Å². The summed E-state index contributed by atoms with van der Waals surface area (Å²) >= 11 is 0. The Morgan fingerprint density at radius 3 is 2.22 bits per heavy atom. The number of aliphatic hydroxyl groups excluding tert-OH is 1. The molecule has 2 aromatic rings. The molecule has 27 heavy (non-hydrogen) atoms. The van der Waals surface area contributed by atoms with E-state index in [0.29, 0.717) is 18.6 Å². The number of unbranched alkanes of at least 4 members (excludes halogenated alkanes) is 1. The van der Waals surface area contributed by atoms with Gasteiger partial charge in [0.05, 0.1) is 22.8 Å². The number of hydrogen-bond donors (Lipinski definition) is 1.